The highest BCUT2D eigenvalue weighted by atomic mass is 32.2. The fourth-order valence-electron chi connectivity index (χ4n) is 2.76. The fourth-order valence-corrected chi connectivity index (χ4v) is 3.23. The van der Waals surface area contributed by atoms with Crippen molar-refractivity contribution in [3.63, 3.8) is 0 Å². The molecular formula is C19H17F2N3O6S. The maximum Gasteiger partial charge on any atom is 0.586 e. The first-order valence-corrected chi connectivity index (χ1v) is 10.3. The number of non-ortho nitro benzene ring substituents is 1. The summed E-state index contributed by atoms with van der Waals surface area (Å²) < 4.78 is 35.0. The molecule has 1 unspecified atom stereocenters. The zero-order chi connectivity index (χ0) is 22.6. The largest absolute Gasteiger partial charge is 0.586 e. The van der Waals surface area contributed by atoms with Crippen molar-refractivity contribution in [3.8, 4) is 11.5 Å². The van der Waals surface area contributed by atoms with E-state index < -0.39 is 29.1 Å². The summed E-state index contributed by atoms with van der Waals surface area (Å²) in [5.74, 6) is -1.10. The number of nitrogens with zero attached hydrogens (tertiary/aromatic N) is 1. The van der Waals surface area contributed by atoms with Gasteiger partial charge in [-0.15, -0.1) is 8.78 Å². The maximum absolute atomic E-state index is 13.2. The zero-order valence-corrected chi connectivity index (χ0v) is 16.9. The number of benzene rings is 2. The second-order valence-corrected chi connectivity index (χ2v) is 7.42. The van der Waals surface area contributed by atoms with E-state index in [1.54, 1.807) is 0 Å². The average Bonchev–Trinajstić information content (AvgIpc) is 3.03. The number of ether oxygens (including phenoxy) is 2. The van der Waals surface area contributed by atoms with Crippen LogP contribution in [0.25, 0.3) is 0 Å². The van der Waals surface area contributed by atoms with E-state index in [0.717, 1.165) is 6.07 Å². The minimum absolute atomic E-state index is 0.0291. The van der Waals surface area contributed by atoms with Gasteiger partial charge in [0.25, 0.3) is 11.6 Å². The van der Waals surface area contributed by atoms with E-state index in [4.69, 9.17) is 0 Å². The predicted molar refractivity (Wildman–Crippen MR) is 109 cm³/mol. The number of carbonyl (C=O) groups is 2. The molecule has 0 bridgehead atoms. The molecule has 31 heavy (non-hydrogen) atoms. The molecule has 1 aliphatic heterocycles. The van der Waals surface area contributed by atoms with E-state index in [1.807, 2.05) is 6.26 Å². The normalized spacial score (nSPS) is 14.5. The van der Waals surface area contributed by atoms with Crippen LogP contribution in [0.15, 0.2) is 42.5 Å². The first-order valence-electron chi connectivity index (χ1n) is 8.93. The Labute approximate surface area is 179 Å². The van der Waals surface area contributed by atoms with Gasteiger partial charge in [-0.25, -0.2) is 0 Å². The van der Waals surface area contributed by atoms with Gasteiger partial charge in [-0.3, -0.25) is 19.7 Å². The highest BCUT2D eigenvalue weighted by molar-refractivity contribution is 7.98. The Morgan fingerprint density at radius 2 is 1.94 bits per heavy atom. The SMILES string of the molecule is CSCCC(NC(=O)c1cccc([N+](=O)[O-])c1)C(=O)Nc1ccc2c(c1)OC(F)(F)O2. The topological polar surface area (TPSA) is 120 Å². The third-order valence-electron chi connectivity index (χ3n) is 4.22. The lowest BCUT2D eigenvalue weighted by Gasteiger charge is -2.18. The van der Waals surface area contributed by atoms with Gasteiger partial charge in [0.15, 0.2) is 11.5 Å². The minimum atomic E-state index is -3.78. The van der Waals surface area contributed by atoms with Crippen molar-refractivity contribution in [2.24, 2.45) is 0 Å². The van der Waals surface area contributed by atoms with Gasteiger partial charge < -0.3 is 20.1 Å². The van der Waals surface area contributed by atoms with Crippen molar-refractivity contribution >= 4 is 35.0 Å². The molecule has 3 rings (SSSR count). The highest BCUT2D eigenvalue weighted by Crippen LogP contribution is 2.42. The molecule has 0 fully saturated rings. The van der Waals surface area contributed by atoms with Gasteiger partial charge in [-0.05, 0) is 36.6 Å². The summed E-state index contributed by atoms with van der Waals surface area (Å²) in [5, 5.41) is 16.0. The molecule has 1 heterocycles. The van der Waals surface area contributed by atoms with E-state index in [0.29, 0.717) is 5.75 Å². The lowest BCUT2D eigenvalue weighted by atomic mass is 10.1. The third-order valence-corrected chi connectivity index (χ3v) is 4.86. The standard InChI is InChI=1S/C19H17F2N3O6S/c1-31-8-7-14(23-17(25)11-3-2-4-13(9-11)24(27)28)18(26)22-12-5-6-15-16(10-12)30-19(20,21)29-15/h2-6,9-10,14H,7-8H2,1H3,(H,22,26)(H,23,25). The summed E-state index contributed by atoms with van der Waals surface area (Å²) in [6.45, 7) is 0. The van der Waals surface area contributed by atoms with E-state index >= 15 is 0 Å². The molecule has 0 saturated heterocycles. The quantitative estimate of drug-likeness (QED) is 0.464. The molecule has 0 aliphatic carbocycles. The van der Waals surface area contributed by atoms with Crippen LogP contribution in [-0.2, 0) is 4.79 Å². The molecule has 12 heteroatoms. The Morgan fingerprint density at radius 3 is 2.65 bits per heavy atom. The highest BCUT2D eigenvalue weighted by Gasteiger charge is 2.43. The average molecular weight is 453 g/mol. The van der Waals surface area contributed by atoms with Gasteiger partial charge in [-0.2, -0.15) is 11.8 Å². The molecule has 1 atom stereocenters. The van der Waals surface area contributed by atoms with Crippen molar-refractivity contribution in [2.45, 2.75) is 18.8 Å². The number of fused-ring (bicyclic) bond motifs is 1. The number of nitro groups is 1. The van der Waals surface area contributed by atoms with Crippen molar-refractivity contribution < 1.29 is 32.8 Å². The van der Waals surface area contributed by atoms with Crippen LogP contribution in [0.2, 0.25) is 0 Å². The van der Waals surface area contributed by atoms with Crippen LogP contribution in [0.3, 0.4) is 0 Å². The molecular weight excluding hydrogens is 436 g/mol. The summed E-state index contributed by atoms with van der Waals surface area (Å²) >= 11 is 1.46. The number of alkyl halides is 2. The summed E-state index contributed by atoms with van der Waals surface area (Å²) in [6, 6.07) is 7.92. The molecule has 0 aromatic heterocycles. The lowest BCUT2D eigenvalue weighted by Crippen LogP contribution is -2.44. The second-order valence-electron chi connectivity index (χ2n) is 6.43. The van der Waals surface area contributed by atoms with Gasteiger partial charge in [0.1, 0.15) is 6.04 Å². The first kappa shape index (κ1) is 22.3. The number of carbonyl (C=O) groups excluding carboxylic acids is 2. The van der Waals surface area contributed by atoms with Crippen LogP contribution in [-0.4, -0.2) is 41.1 Å². The van der Waals surface area contributed by atoms with E-state index in [2.05, 4.69) is 20.1 Å². The van der Waals surface area contributed by atoms with Crippen molar-refractivity contribution in [3.05, 3.63) is 58.1 Å². The zero-order valence-electron chi connectivity index (χ0n) is 16.1. The van der Waals surface area contributed by atoms with E-state index in [9.17, 15) is 28.5 Å². The molecule has 2 aromatic rings. The number of rotatable bonds is 8. The Balaban J connectivity index is 1.72. The van der Waals surface area contributed by atoms with Crippen LogP contribution < -0.4 is 20.1 Å². The van der Waals surface area contributed by atoms with Crippen molar-refractivity contribution in [1.82, 2.24) is 5.32 Å². The molecule has 1 aliphatic rings. The second kappa shape index (κ2) is 9.16. The maximum atomic E-state index is 13.2. The molecule has 9 nitrogen and oxygen atoms in total. The summed E-state index contributed by atoms with van der Waals surface area (Å²) in [4.78, 5) is 35.5. The Hall–Kier alpha value is -3.41. The molecule has 2 aromatic carbocycles. The Bertz CT molecular complexity index is 1020. The van der Waals surface area contributed by atoms with Crippen molar-refractivity contribution in [2.75, 3.05) is 17.3 Å². The Morgan fingerprint density at radius 1 is 1.19 bits per heavy atom. The fraction of sp³-hybridized carbons (Fsp3) is 0.263. The number of halogens is 2. The number of hydrogen-bond donors (Lipinski definition) is 2. The van der Waals surface area contributed by atoms with E-state index in [1.165, 1.54) is 48.2 Å². The molecule has 0 saturated carbocycles. The monoisotopic (exact) mass is 453 g/mol. The smallest absolute Gasteiger partial charge is 0.395 e. The van der Waals surface area contributed by atoms with Crippen LogP contribution in [0.5, 0.6) is 11.5 Å². The number of nitro benzene ring substituents is 1. The van der Waals surface area contributed by atoms with Gasteiger partial charge in [0.05, 0.1) is 4.92 Å². The van der Waals surface area contributed by atoms with E-state index in [-0.39, 0.29) is 34.9 Å². The van der Waals surface area contributed by atoms with Crippen LogP contribution >= 0.6 is 11.8 Å². The van der Waals surface area contributed by atoms with Gasteiger partial charge >= 0.3 is 6.29 Å². The minimum Gasteiger partial charge on any atom is -0.395 e. The summed E-state index contributed by atoms with van der Waals surface area (Å²) in [7, 11) is 0. The summed E-state index contributed by atoms with van der Waals surface area (Å²) in [5.41, 5.74) is -0.0554. The molecule has 2 N–H and O–H groups in total. The molecule has 2 amide bonds. The van der Waals surface area contributed by atoms with Crippen LogP contribution in [0.4, 0.5) is 20.2 Å². The predicted octanol–water partition coefficient (Wildman–Crippen LogP) is 3.41. The van der Waals surface area contributed by atoms with Gasteiger partial charge in [-0.1, -0.05) is 6.07 Å². The third kappa shape index (κ3) is 5.60. The number of hydrogen-bond acceptors (Lipinski definition) is 7. The van der Waals surface area contributed by atoms with Crippen LogP contribution in [0, 0.1) is 10.1 Å². The lowest BCUT2D eigenvalue weighted by molar-refractivity contribution is -0.384. The van der Waals surface area contributed by atoms with Crippen molar-refractivity contribution in [1.29, 1.82) is 0 Å². The number of thioether (sulfide) groups is 1. The number of anilines is 1. The number of amides is 2. The summed E-state index contributed by atoms with van der Waals surface area (Å²) in [6.07, 6.45) is -1.68. The number of nitrogens with one attached hydrogen (secondary N) is 2. The molecule has 0 radical (unpaired) electrons. The van der Waals surface area contributed by atoms with Crippen LogP contribution in [0.1, 0.15) is 16.8 Å². The van der Waals surface area contributed by atoms with Gasteiger partial charge in [0.2, 0.25) is 5.91 Å². The first-order chi connectivity index (χ1) is 14.7. The van der Waals surface area contributed by atoms with Gasteiger partial charge in [0, 0.05) is 29.4 Å². The molecule has 164 valence electrons. The Kier molecular flexibility index (Phi) is 6.59. The molecule has 0 spiro atoms.